The molecular formula is C12H16N4O4. The number of aryl methyl sites for hydroxylation is 2. The van der Waals surface area contributed by atoms with Crippen molar-refractivity contribution in [3.63, 3.8) is 0 Å². The normalized spacial score (nSPS) is 17.4. The smallest absolute Gasteiger partial charge is 0.353 e. The molecule has 1 aromatic rings. The maximum absolute atomic E-state index is 11.7. The Hall–Kier alpha value is -2.38. The van der Waals surface area contributed by atoms with Crippen molar-refractivity contribution >= 4 is 17.6 Å². The van der Waals surface area contributed by atoms with Crippen LogP contribution in [0, 0.1) is 6.92 Å². The van der Waals surface area contributed by atoms with Crippen LogP contribution in [0.1, 0.15) is 24.1 Å². The highest BCUT2D eigenvalue weighted by molar-refractivity contribution is 6.36. The van der Waals surface area contributed by atoms with Crippen LogP contribution in [0.3, 0.4) is 0 Å². The highest BCUT2D eigenvalue weighted by atomic mass is 16.6. The van der Waals surface area contributed by atoms with Crippen LogP contribution in [-0.2, 0) is 20.8 Å². The van der Waals surface area contributed by atoms with Crippen LogP contribution in [0.25, 0.3) is 0 Å². The third kappa shape index (κ3) is 3.34. The average molecular weight is 280 g/mol. The molecule has 1 atom stereocenters. The lowest BCUT2D eigenvalue weighted by atomic mass is 10.1. The number of aromatic nitrogens is 2. The number of H-pyrrole nitrogens is 1. The summed E-state index contributed by atoms with van der Waals surface area (Å²) in [5.41, 5.74) is 2.02. The van der Waals surface area contributed by atoms with Gasteiger partial charge in [-0.3, -0.25) is 9.89 Å². The minimum absolute atomic E-state index is 0.00199. The molecule has 0 aromatic carbocycles. The predicted octanol–water partition coefficient (Wildman–Crippen LogP) is -0.00358. The Labute approximate surface area is 115 Å². The average Bonchev–Trinajstić information content (AvgIpc) is 3.03. The van der Waals surface area contributed by atoms with Crippen LogP contribution < -0.4 is 5.32 Å². The van der Waals surface area contributed by atoms with E-state index < -0.39 is 12.1 Å². The fourth-order valence-corrected chi connectivity index (χ4v) is 1.88. The quantitative estimate of drug-likeness (QED) is 0.634. The lowest BCUT2D eigenvalue weighted by Crippen LogP contribution is -2.35. The molecule has 1 unspecified atom stereocenters. The monoisotopic (exact) mass is 280 g/mol. The molecular weight excluding hydrogens is 264 g/mol. The number of hydrogen-bond acceptors (Lipinski definition) is 5. The third-order valence-electron chi connectivity index (χ3n) is 3.06. The molecule has 1 amide bonds. The van der Waals surface area contributed by atoms with E-state index in [2.05, 4.69) is 20.7 Å². The molecule has 0 bridgehead atoms. The fraction of sp³-hybridized carbons (Fsp3) is 0.500. The number of aliphatic carboxylic acids is 1. The van der Waals surface area contributed by atoms with E-state index in [0.717, 1.165) is 24.1 Å². The van der Waals surface area contributed by atoms with Crippen molar-refractivity contribution in [1.82, 2.24) is 15.5 Å². The first-order chi connectivity index (χ1) is 9.58. The van der Waals surface area contributed by atoms with E-state index in [1.807, 2.05) is 6.92 Å². The van der Waals surface area contributed by atoms with Gasteiger partial charge in [-0.25, -0.2) is 4.79 Å². The van der Waals surface area contributed by atoms with Crippen molar-refractivity contribution in [3.8, 4) is 0 Å². The fourth-order valence-electron chi connectivity index (χ4n) is 1.88. The van der Waals surface area contributed by atoms with Crippen LogP contribution in [-0.4, -0.2) is 45.5 Å². The van der Waals surface area contributed by atoms with Gasteiger partial charge in [-0.15, -0.1) is 0 Å². The summed E-state index contributed by atoms with van der Waals surface area (Å²) in [7, 11) is 0. The van der Waals surface area contributed by atoms with E-state index in [4.69, 9.17) is 9.94 Å². The topological polar surface area (TPSA) is 117 Å². The molecule has 2 rings (SSSR count). The Balaban J connectivity index is 1.67. The van der Waals surface area contributed by atoms with Gasteiger partial charge in [-0.1, -0.05) is 5.16 Å². The summed E-state index contributed by atoms with van der Waals surface area (Å²) >= 11 is 0. The van der Waals surface area contributed by atoms with Gasteiger partial charge >= 0.3 is 5.97 Å². The number of carboxylic acid groups (broad SMARTS) is 1. The molecule has 1 aliphatic heterocycles. The van der Waals surface area contributed by atoms with Gasteiger partial charge in [0.15, 0.2) is 5.71 Å². The van der Waals surface area contributed by atoms with Crippen LogP contribution in [0.5, 0.6) is 0 Å². The number of nitrogens with one attached hydrogen (secondary N) is 2. The van der Waals surface area contributed by atoms with Crippen molar-refractivity contribution in [1.29, 1.82) is 0 Å². The maximum atomic E-state index is 11.7. The van der Waals surface area contributed by atoms with E-state index >= 15 is 0 Å². The van der Waals surface area contributed by atoms with Crippen molar-refractivity contribution in [3.05, 3.63) is 17.5 Å². The van der Waals surface area contributed by atoms with E-state index in [9.17, 15) is 9.59 Å². The van der Waals surface area contributed by atoms with Gasteiger partial charge in [-0.05, 0) is 25.3 Å². The van der Waals surface area contributed by atoms with E-state index in [1.165, 1.54) is 0 Å². The van der Waals surface area contributed by atoms with E-state index in [0.29, 0.717) is 6.54 Å². The molecule has 8 nitrogen and oxygen atoms in total. The number of amides is 1. The van der Waals surface area contributed by atoms with Gasteiger partial charge in [0.1, 0.15) is 0 Å². The van der Waals surface area contributed by atoms with Crippen LogP contribution in [0.4, 0.5) is 0 Å². The third-order valence-corrected chi connectivity index (χ3v) is 3.06. The Kier molecular flexibility index (Phi) is 4.34. The predicted molar refractivity (Wildman–Crippen MR) is 69.2 cm³/mol. The Morgan fingerprint density at radius 1 is 1.60 bits per heavy atom. The molecule has 2 heterocycles. The van der Waals surface area contributed by atoms with Crippen LogP contribution in [0.2, 0.25) is 0 Å². The van der Waals surface area contributed by atoms with Crippen molar-refractivity contribution in [2.75, 3.05) is 6.54 Å². The largest absolute Gasteiger partial charge is 0.477 e. The summed E-state index contributed by atoms with van der Waals surface area (Å²) in [6, 6.07) is 0. The number of carbonyl (C=O) groups is 2. The second-order valence-corrected chi connectivity index (χ2v) is 4.56. The number of carbonyl (C=O) groups excluding carboxylic acids is 1. The summed E-state index contributed by atoms with van der Waals surface area (Å²) in [6.07, 6.45) is 2.51. The van der Waals surface area contributed by atoms with Crippen molar-refractivity contribution in [2.45, 2.75) is 32.3 Å². The number of carboxylic acids is 1. The van der Waals surface area contributed by atoms with Gasteiger partial charge < -0.3 is 15.3 Å². The summed E-state index contributed by atoms with van der Waals surface area (Å²) in [5, 5.41) is 21.5. The summed E-state index contributed by atoms with van der Waals surface area (Å²) in [6.45, 7) is 2.43. The Bertz CT molecular complexity index is 537. The first kappa shape index (κ1) is 14.0. The van der Waals surface area contributed by atoms with E-state index in [-0.39, 0.29) is 18.0 Å². The molecule has 1 aliphatic rings. The number of rotatable bonds is 6. The number of hydrogen-bond donors (Lipinski definition) is 3. The molecule has 0 saturated heterocycles. The molecule has 0 fully saturated rings. The molecule has 8 heteroatoms. The zero-order valence-corrected chi connectivity index (χ0v) is 11.0. The first-order valence-corrected chi connectivity index (χ1v) is 6.30. The second kappa shape index (κ2) is 6.18. The molecule has 0 aliphatic carbocycles. The molecule has 0 saturated carbocycles. The summed E-state index contributed by atoms with van der Waals surface area (Å²) < 4.78 is 0. The summed E-state index contributed by atoms with van der Waals surface area (Å²) in [5.74, 6) is -1.50. The highest BCUT2D eigenvalue weighted by Gasteiger charge is 2.31. The van der Waals surface area contributed by atoms with Crippen LogP contribution >= 0.6 is 0 Å². The summed E-state index contributed by atoms with van der Waals surface area (Å²) in [4.78, 5) is 27.2. The highest BCUT2D eigenvalue weighted by Crippen LogP contribution is 2.11. The Morgan fingerprint density at radius 2 is 2.40 bits per heavy atom. The lowest BCUT2D eigenvalue weighted by molar-refractivity contribution is -0.131. The van der Waals surface area contributed by atoms with Gasteiger partial charge in [0.25, 0.3) is 5.91 Å². The van der Waals surface area contributed by atoms with Gasteiger partial charge in [0, 0.05) is 18.7 Å². The van der Waals surface area contributed by atoms with Crippen LogP contribution in [0.15, 0.2) is 11.4 Å². The number of nitrogens with zero attached hydrogens (tertiary/aromatic N) is 2. The van der Waals surface area contributed by atoms with Crippen molar-refractivity contribution in [2.24, 2.45) is 5.16 Å². The van der Waals surface area contributed by atoms with Gasteiger partial charge in [0.2, 0.25) is 6.10 Å². The zero-order valence-electron chi connectivity index (χ0n) is 11.0. The minimum Gasteiger partial charge on any atom is -0.477 e. The number of aromatic amines is 1. The SMILES string of the molecule is Cc1[nH]ncc1CCCNC(=O)C1CC(C(=O)O)=NO1. The molecule has 20 heavy (non-hydrogen) atoms. The second-order valence-electron chi connectivity index (χ2n) is 4.56. The van der Waals surface area contributed by atoms with Gasteiger partial charge in [0.05, 0.1) is 6.20 Å². The standard InChI is InChI=1S/C12H16N4O4/c1-7-8(6-14-15-7)3-2-4-13-11(17)10-5-9(12(18)19)16-20-10/h6,10H,2-5H2,1H3,(H,13,17)(H,14,15)(H,18,19). The maximum Gasteiger partial charge on any atom is 0.353 e. The molecule has 1 aromatic heterocycles. The first-order valence-electron chi connectivity index (χ1n) is 6.30. The van der Waals surface area contributed by atoms with E-state index in [1.54, 1.807) is 6.20 Å². The molecule has 0 radical (unpaired) electrons. The lowest BCUT2D eigenvalue weighted by Gasteiger charge is -2.08. The molecule has 0 spiro atoms. The minimum atomic E-state index is -1.16. The van der Waals surface area contributed by atoms with Crippen molar-refractivity contribution < 1.29 is 19.5 Å². The number of oxime groups is 1. The molecule has 108 valence electrons. The van der Waals surface area contributed by atoms with Gasteiger partial charge in [-0.2, -0.15) is 5.10 Å². The zero-order chi connectivity index (χ0) is 14.5. The molecule has 3 N–H and O–H groups in total. The Morgan fingerprint density at radius 3 is 3.00 bits per heavy atom.